The number of nitrogen functional groups attached to an aromatic ring is 1. The quantitative estimate of drug-likeness (QED) is 0.775. The van der Waals surface area contributed by atoms with E-state index in [1.165, 1.54) is 19.4 Å². The molecule has 0 bridgehead atoms. The van der Waals surface area contributed by atoms with Gasteiger partial charge in [-0.1, -0.05) is 0 Å². The molecule has 0 amide bonds. The van der Waals surface area contributed by atoms with Gasteiger partial charge in [0.1, 0.15) is 5.82 Å². The van der Waals surface area contributed by atoms with E-state index in [0.717, 1.165) is 12.2 Å². The number of aromatic nitrogens is 2. The van der Waals surface area contributed by atoms with Crippen LogP contribution in [0, 0.1) is 6.92 Å². The molecule has 0 saturated carbocycles. The van der Waals surface area contributed by atoms with E-state index in [1.54, 1.807) is 6.07 Å². The number of piperidine rings is 1. The summed E-state index contributed by atoms with van der Waals surface area (Å²) in [5.41, 5.74) is 6.59. The molecular weight excluding hydrogens is 202 g/mol. The molecule has 0 spiro atoms. The number of hydrogen-bond acceptors (Lipinski definition) is 5. The number of anilines is 2. The zero-order chi connectivity index (χ0) is 11.5. The Balaban J connectivity index is 2.02. The first-order valence-electron chi connectivity index (χ1n) is 5.70. The summed E-state index contributed by atoms with van der Waals surface area (Å²) >= 11 is 0. The zero-order valence-electron chi connectivity index (χ0n) is 9.90. The molecule has 1 atom stereocenters. The molecule has 2 heterocycles. The second kappa shape index (κ2) is 4.65. The minimum Gasteiger partial charge on any atom is -0.384 e. The Morgan fingerprint density at radius 3 is 3.00 bits per heavy atom. The Morgan fingerprint density at radius 1 is 1.50 bits per heavy atom. The van der Waals surface area contributed by atoms with E-state index in [1.807, 2.05) is 6.92 Å². The van der Waals surface area contributed by atoms with Gasteiger partial charge in [-0.05, 0) is 33.4 Å². The lowest BCUT2D eigenvalue weighted by molar-refractivity contribution is 0.260. The summed E-state index contributed by atoms with van der Waals surface area (Å²) in [5.74, 6) is 1.18. The van der Waals surface area contributed by atoms with Gasteiger partial charge in [0, 0.05) is 24.3 Å². The average Bonchev–Trinajstić information content (AvgIpc) is 2.15. The number of nitrogens with two attached hydrogens (primary N) is 1. The van der Waals surface area contributed by atoms with Crippen molar-refractivity contribution in [2.75, 3.05) is 31.2 Å². The fourth-order valence-electron chi connectivity index (χ4n) is 2.12. The Morgan fingerprint density at radius 2 is 2.31 bits per heavy atom. The highest BCUT2D eigenvalue weighted by Gasteiger charge is 2.17. The van der Waals surface area contributed by atoms with E-state index in [4.69, 9.17) is 5.73 Å². The van der Waals surface area contributed by atoms with Crippen LogP contribution in [0.4, 0.5) is 11.8 Å². The SMILES string of the molecule is Cc1cc(N)nc(NC2CCCN(C)C2)n1. The third kappa shape index (κ3) is 2.82. The molecule has 5 heteroatoms. The van der Waals surface area contributed by atoms with Crippen molar-refractivity contribution < 1.29 is 0 Å². The van der Waals surface area contributed by atoms with Crippen LogP contribution in [0.15, 0.2) is 6.07 Å². The van der Waals surface area contributed by atoms with Crippen molar-refractivity contribution in [3.8, 4) is 0 Å². The van der Waals surface area contributed by atoms with Crippen LogP contribution in [0.1, 0.15) is 18.5 Å². The van der Waals surface area contributed by atoms with Gasteiger partial charge in [0.25, 0.3) is 0 Å². The standard InChI is InChI=1S/C11H19N5/c1-8-6-10(12)15-11(13-8)14-9-4-3-5-16(2)7-9/h6,9H,3-5,7H2,1-2H3,(H3,12,13,14,15). The van der Waals surface area contributed by atoms with Gasteiger partial charge in [0.05, 0.1) is 0 Å². The van der Waals surface area contributed by atoms with E-state index in [9.17, 15) is 0 Å². The highest BCUT2D eigenvalue weighted by atomic mass is 15.2. The van der Waals surface area contributed by atoms with Crippen molar-refractivity contribution >= 4 is 11.8 Å². The van der Waals surface area contributed by atoms with Crippen LogP contribution in [0.3, 0.4) is 0 Å². The summed E-state index contributed by atoms with van der Waals surface area (Å²) in [6, 6.07) is 2.21. The van der Waals surface area contributed by atoms with Gasteiger partial charge in [-0.15, -0.1) is 0 Å². The van der Waals surface area contributed by atoms with Gasteiger partial charge in [-0.2, -0.15) is 4.98 Å². The summed E-state index contributed by atoms with van der Waals surface area (Å²) in [4.78, 5) is 10.8. The summed E-state index contributed by atoms with van der Waals surface area (Å²) in [5, 5.41) is 3.35. The molecule has 3 N–H and O–H groups in total. The van der Waals surface area contributed by atoms with Crippen molar-refractivity contribution in [1.82, 2.24) is 14.9 Å². The average molecular weight is 221 g/mol. The van der Waals surface area contributed by atoms with Crippen LogP contribution in [0.25, 0.3) is 0 Å². The second-order valence-electron chi connectivity index (χ2n) is 4.50. The number of aryl methyl sites for hydroxylation is 1. The van der Waals surface area contributed by atoms with Crippen LogP contribution >= 0.6 is 0 Å². The Bertz CT molecular complexity index is 345. The Hall–Kier alpha value is -1.36. The summed E-state index contributed by atoms with van der Waals surface area (Å²) < 4.78 is 0. The van der Waals surface area contributed by atoms with E-state index in [0.29, 0.717) is 17.8 Å². The first-order valence-corrected chi connectivity index (χ1v) is 5.70. The normalized spacial score (nSPS) is 22.0. The molecule has 0 radical (unpaired) electrons. The van der Waals surface area contributed by atoms with Crippen molar-refractivity contribution in [3.05, 3.63) is 11.8 Å². The molecule has 0 aliphatic carbocycles. The topological polar surface area (TPSA) is 67.1 Å². The zero-order valence-corrected chi connectivity index (χ0v) is 9.90. The molecule has 1 saturated heterocycles. The van der Waals surface area contributed by atoms with Gasteiger partial charge in [-0.3, -0.25) is 0 Å². The first kappa shape index (κ1) is 11.1. The Labute approximate surface area is 96.1 Å². The molecule has 1 aliphatic rings. The highest BCUT2D eigenvalue weighted by molar-refractivity contribution is 5.38. The van der Waals surface area contributed by atoms with Gasteiger partial charge in [0.15, 0.2) is 0 Å². The maximum absolute atomic E-state index is 5.69. The number of nitrogens with zero attached hydrogens (tertiary/aromatic N) is 3. The van der Waals surface area contributed by atoms with Crippen molar-refractivity contribution in [2.24, 2.45) is 0 Å². The van der Waals surface area contributed by atoms with Gasteiger partial charge < -0.3 is 16.0 Å². The number of rotatable bonds is 2. The second-order valence-corrected chi connectivity index (χ2v) is 4.50. The molecule has 1 aromatic heterocycles. The minimum absolute atomic E-state index is 0.431. The lowest BCUT2D eigenvalue weighted by atomic mass is 10.1. The molecule has 1 aliphatic heterocycles. The highest BCUT2D eigenvalue weighted by Crippen LogP contribution is 2.13. The molecule has 2 rings (SSSR count). The lowest BCUT2D eigenvalue weighted by Gasteiger charge is -2.30. The Kier molecular flexibility index (Phi) is 3.24. The van der Waals surface area contributed by atoms with Gasteiger partial charge >= 0.3 is 0 Å². The first-order chi connectivity index (χ1) is 7.63. The molecular formula is C11H19N5. The number of nitrogens with one attached hydrogen (secondary N) is 1. The van der Waals surface area contributed by atoms with E-state index in [-0.39, 0.29) is 0 Å². The van der Waals surface area contributed by atoms with Crippen LogP contribution in [-0.4, -0.2) is 41.0 Å². The monoisotopic (exact) mass is 221 g/mol. The maximum atomic E-state index is 5.69. The number of likely N-dealkylation sites (N-methyl/N-ethyl adjacent to an activating group) is 1. The van der Waals surface area contributed by atoms with Gasteiger partial charge in [-0.25, -0.2) is 4.98 Å². The fraction of sp³-hybridized carbons (Fsp3) is 0.636. The predicted octanol–water partition coefficient (Wildman–Crippen LogP) is 0.873. The molecule has 1 fully saturated rings. The third-order valence-corrected chi connectivity index (χ3v) is 2.83. The van der Waals surface area contributed by atoms with E-state index < -0.39 is 0 Å². The number of likely N-dealkylation sites (tertiary alicyclic amines) is 1. The van der Waals surface area contributed by atoms with Crippen LogP contribution in [0.2, 0.25) is 0 Å². The molecule has 5 nitrogen and oxygen atoms in total. The van der Waals surface area contributed by atoms with Crippen LogP contribution < -0.4 is 11.1 Å². The smallest absolute Gasteiger partial charge is 0.225 e. The third-order valence-electron chi connectivity index (χ3n) is 2.83. The molecule has 1 unspecified atom stereocenters. The van der Waals surface area contributed by atoms with Crippen LogP contribution in [-0.2, 0) is 0 Å². The van der Waals surface area contributed by atoms with E-state index >= 15 is 0 Å². The van der Waals surface area contributed by atoms with Crippen LogP contribution in [0.5, 0.6) is 0 Å². The molecule has 88 valence electrons. The minimum atomic E-state index is 0.431. The predicted molar refractivity (Wildman–Crippen MR) is 65.3 cm³/mol. The molecule has 16 heavy (non-hydrogen) atoms. The van der Waals surface area contributed by atoms with Crippen molar-refractivity contribution in [1.29, 1.82) is 0 Å². The van der Waals surface area contributed by atoms with Gasteiger partial charge in [0.2, 0.25) is 5.95 Å². The summed E-state index contributed by atoms with van der Waals surface area (Å²) in [7, 11) is 2.14. The van der Waals surface area contributed by atoms with Crippen molar-refractivity contribution in [2.45, 2.75) is 25.8 Å². The van der Waals surface area contributed by atoms with Crippen molar-refractivity contribution in [3.63, 3.8) is 0 Å². The maximum Gasteiger partial charge on any atom is 0.225 e. The molecule has 1 aromatic rings. The van der Waals surface area contributed by atoms with E-state index in [2.05, 4.69) is 27.2 Å². The largest absolute Gasteiger partial charge is 0.384 e. The molecule has 0 aromatic carbocycles. The number of hydrogen-bond donors (Lipinski definition) is 2. The fourth-order valence-corrected chi connectivity index (χ4v) is 2.12. The summed E-state index contributed by atoms with van der Waals surface area (Å²) in [6.07, 6.45) is 2.39. The lowest BCUT2D eigenvalue weighted by Crippen LogP contribution is -2.40. The summed E-state index contributed by atoms with van der Waals surface area (Å²) in [6.45, 7) is 4.14.